The Balaban J connectivity index is 2.21. The summed E-state index contributed by atoms with van der Waals surface area (Å²) in [6.07, 6.45) is -3.76. The fourth-order valence-corrected chi connectivity index (χ4v) is 2.30. The molecule has 0 aliphatic rings. The molecule has 0 amide bonds. The number of aromatic nitrogens is 2. The van der Waals surface area contributed by atoms with Gasteiger partial charge in [-0.05, 0) is 12.2 Å². The van der Waals surface area contributed by atoms with Crippen LogP contribution in [0.3, 0.4) is 0 Å². The smallest absolute Gasteiger partial charge is 0.396 e. The van der Waals surface area contributed by atoms with Gasteiger partial charge in [0.2, 0.25) is 11.0 Å². The first-order valence-corrected chi connectivity index (χ1v) is 6.80. The molecule has 2 N–H and O–H groups in total. The molecular formula is C8H12F3N3OS2. The Bertz CT molecular complexity index is 332. The van der Waals surface area contributed by atoms with E-state index in [9.17, 15) is 13.2 Å². The summed E-state index contributed by atoms with van der Waals surface area (Å²) in [5.74, 6) is 0.487. The quantitative estimate of drug-likeness (QED) is 0.752. The van der Waals surface area contributed by atoms with E-state index in [4.69, 9.17) is 5.11 Å². The lowest BCUT2D eigenvalue weighted by atomic mass is 10.5. The number of thioether (sulfide) groups is 1. The van der Waals surface area contributed by atoms with Crippen molar-refractivity contribution in [3.05, 3.63) is 5.82 Å². The summed E-state index contributed by atoms with van der Waals surface area (Å²) in [4.78, 5) is 3.34. The van der Waals surface area contributed by atoms with Gasteiger partial charge in [-0.1, -0.05) is 0 Å². The van der Waals surface area contributed by atoms with Gasteiger partial charge in [0.1, 0.15) is 0 Å². The maximum Gasteiger partial charge on any atom is 0.452 e. The molecule has 0 bridgehead atoms. The summed E-state index contributed by atoms with van der Waals surface area (Å²) >= 11 is 2.32. The van der Waals surface area contributed by atoms with E-state index in [1.807, 2.05) is 0 Å². The molecule has 0 saturated heterocycles. The fraction of sp³-hybridized carbons (Fsp3) is 0.750. The number of aliphatic hydroxyl groups excluding tert-OH is 1. The summed E-state index contributed by atoms with van der Waals surface area (Å²) in [5.41, 5.74) is 0. The third-order valence-electron chi connectivity index (χ3n) is 1.65. The van der Waals surface area contributed by atoms with Gasteiger partial charge in [-0.3, -0.25) is 0 Å². The monoisotopic (exact) mass is 287 g/mol. The lowest BCUT2D eigenvalue weighted by molar-refractivity contribution is -0.144. The number of nitrogens with one attached hydrogen (secondary N) is 1. The number of rotatable bonds is 7. The van der Waals surface area contributed by atoms with Crippen LogP contribution in [0.25, 0.3) is 0 Å². The zero-order chi connectivity index (χ0) is 12.7. The van der Waals surface area contributed by atoms with Crippen LogP contribution in [0.4, 0.5) is 18.3 Å². The van der Waals surface area contributed by atoms with Crippen molar-refractivity contribution in [2.75, 3.05) is 30.0 Å². The number of hydrogen-bond donors (Lipinski definition) is 2. The van der Waals surface area contributed by atoms with Gasteiger partial charge in [-0.2, -0.15) is 34.3 Å². The largest absolute Gasteiger partial charge is 0.452 e. The van der Waals surface area contributed by atoms with Crippen molar-refractivity contribution < 1.29 is 18.3 Å². The minimum absolute atomic E-state index is 0.159. The molecule has 0 aliphatic heterocycles. The van der Waals surface area contributed by atoms with Crippen molar-refractivity contribution in [3.63, 3.8) is 0 Å². The van der Waals surface area contributed by atoms with E-state index in [1.165, 1.54) is 0 Å². The van der Waals surface area contributed by atoms with Gasteiger partial charge in [0.05, 0.1) is 0 Å². The van der Waals surface area contributed by atoms with Crippen molar-refractivity contribution in [1.29, 1.82) is 0 Å². The molecule has 0 unspecified atom stereocenters. The van der Waals surface area contributed by atoms with Crippen LogP contribution in [0.1, 0.15) is 12.2 Å². The molecule has 1 rings (SSSR count). The summed E-state index contributed by atoms with van der Waals surface area (Å²) in [5, 5.41) is 11.5. The Morgan fingerprint density at radius 2 is 2.12 bits per heavy atom. The van der Waals surface area contributed by atoms with Crippen LogP contribution < -0.4 is 5.32 Å². The SMILES string of the molecule is OCCCSCCNc1nc(C(F)(F)F)ns1. The van der Waals surface area contributed by atoms with Crippen molar-refractivity contribution in [2.45, 2.75) is 12.6 Å². The standard InChI is InChI=1S/C8H12F3N3OS2/c9-8(10,11)6-13-7(17-14-6)12-2-5-16-4-1-3-15/h15H,1-5H2,(H,12,13,14). The van der Waals surface area contributed by atoms with E-state index in [0.29, 0.717) is 18.1 Å². The van der Waals surface area contributed by atoms with Crippen LogP contribution in [-0.4, -0.2) is 39.1 Å². The first-order chi connectivity index (χ1) is 8.04. The number of halogens is 3. The van der Waals surface area contributed by atoms with E-state index in [2.05, 4.69) is 14.7 Å². The first kappa shape index (κ1) is 14.5. The lowest BCUT2D eigenvalue weighted by Crippen LogP contribution is -2.08. The third-order valence-corrected chi connectivity index (χ3v) is 3.39. The normalized spacial score (nSPS) is 11.8. The second-order valence-corrected chi connectivity index (χ2v) is 5.01. The zero-order valence-electron chi connectivity index (χ0n) is 8.83. The van der Waals surface area contributed by atoms with Crippen LogP contribution in [0, 0.1) is 0 Å². The van der Waals surface area contributed by atoms with Gasteiger partial charge in [0, 0.05) is 30.4 Å². The molecule has 17 heavy (non-hydrogen) atoms. The molecule has 0 aromatic carbocycles. The molecule has 9 heteroatoms. The molecule has 0 radical (unpaired) electrons. The second kappa shape index (κ2) is 7.02. The molecule has 98 valence electrons. The van der Waals surface area contributed by atoms with E-state index in [-0.39, 0.29) is 11.7 Å². The summed E-state index contributed by atoms with van der Waals surface area (Å²) < 4.78 is 39.7. The van der Waals surface area contributed by atoms with Crippen molar-refractivity contribution in [3.8, 4) is 0 Å². The molecule has 1 aromatic heterocycles. The van der Waals surface area contributed by atoms with E-state index in [0.717, 1.165) is 17.9 Å². The molecule has 0 saturated carbocycles. The highest BCUT2D eigenvalue weighted by molar-refractivity contribution is 7.99. The highest BCUT2D eigenvalue weighted by Gasteiger charge is 2.35. The molecule has 4 nitrogen and oxygen atoms in total. The number of alkyl halides is 3. The Morgan fingerprint density at radius 1 is 1.35 bits per heavy atom. The highest BCUT2D eigenvalue weighted by atomic mass is 32.2. The minimum atomic E-state index is -4.48. The fourth-order valence-electron chi connectivity index (χ4n) is 0.909. The summed E-state index contributed by atoms with van der Waals surface area (Å²) in [6, 6.07) is 0. The molecule has 0 aliphatic carbocycles. The number of anilines is 1. The van der Waals surface area contributed by atoms with Gasteiger partial charge in [-0.25, -0.2) is 0 Å². The van der Waals surface area contributed by atoms with Crippen molar-refractivity contribution in [2.24, 2.45) is 0 Å². The molecule has 0 spiro atoms. The Labute approximate surface area is 105 Å². The summed E-state index contributed by atoms with van der Waals surface area (Å²) in [7, 11) is 0. The topological polar surface area (TPSA) is 58.0 Å². The van der Waals surface area contributed by atoms with Gasteiger partial charge in [0.25, 0.3) is 0 Å². The minimum Gasteiger partial charge on any atom is -0.396 e. The Morgan fingerprint density at radius 3 is 2.71 bits per heavy atom. The maximum absolute atomic E-state index is 12.2. The maximum atomic E-state index is 12.2. The van der Waals surface area contributed by atoms with Gasteiger partial charge in [-0.15, -0.1) is 0 Å². The zero-order valence-corrected chi connectivity index (χ0v) is 10.5. The Kier molecular flexibility index (Phi) is 6.00. The average molecular weight is 287 g/mol. The van der Waals surface area contributed by atoms with Gasteiger partial charge < -0.3 is 10.4 Å². The number of hydrogen-bond acceptors (Lipinski definition) is 6. The average Bonchev–Trinajstić information content (AvgIpc) is 2.71. The molecule has 1 heterocycles. The number of nitrogens with zero attached hydrogens (tertiary/aromatic N) is 2. The second-order valence-electron chi connectivity index (χ2n) is 3.04. The van der Waals surface area contributed by atoms with Crippen LogP contribution in [0.15, 0.2) is 0 Å². The van der Waals surface area contributed by atoms with Crippen molar-refractivity contribution in [1.82, 2.24) is 9.36 Å². The van der Waals surface area contributed by atoms with Crippen LogP contribution in [-0.2, 0) is 6.18 Å². The molecule has 0 fully saturated rings. The van der Waals surface area contributed by atoms with Crippen LogP contribution in [0.2, 0.25) is 0 Å². The molecule has 1 aromatic rings. The van der Waals surface area contributed by atoms with Crippen LogP contribution >= 0.6 is 23.3 Å². The lowest BCUT2D eigenvalue weighted by Gasteiger charge is -2.01. The molecular weight excluding hydrogens is 275 g/mol. The Hall–Kier alpha value is -0.540. The first-order valence-electron chi connectivity index (χ1n) is 4.87. The summed E-state index contributed by atoms with van der Waals surface area (Å²) in [6.45, 7) is 0.689. The van der Waals surface area contributed by atoms with E-state index in [1.54, 1.807) is 11.8 Å². The third kappa shape index (κ3) is 5.55. The van der Waals surface area contributed by atoms with Crippen LogP contribution in [0.5, 0.6) is 0 Å². The predicted octanol–water partition coefficient (Wildman–Crippen LogP) is 2.08. The number of aliphatic hydroxyl groups is 1. The van der Waals surface area contributed by atoms with Crippen molar-refractivity contribution >= 4 is 28.4 Å². The highest BCUT2D eigenvalue weighted by Crippen LogP contribution is 2.28. The van der Waals surface area contributed by atoms with Gasteiger partial charge >= 0.3 is 6.18 Å². The predicted molar refractivity (Wildman–Crippen MR) is 62.4 cm³/mol. The van der Waals surface area contributed by atoms with E-state index < -0.39 is 12.0 Å². The van der Waals surface area contributed by atoms with Gasteiger partial charge in [0.15, 0.2) is 0 Å². The van der Waals surface area contributed by atoms with E-state index >= 15 is 0 Å². The molecule has 0 atom stereocenters.